The van der Waals surface area contributed by atoms with E-state index in [1.807, 2.05) is 25.2 Å². The summed E-state index contributed by atoms with van der Waals surface area (Å²) in [5.41, 5.74) is 1.00. The third kappa shape index (κ3) is 1.93. The Hall–Kier alpha value is -1.42. The van der Waals surface area contributed by atoms with Crippen LogP contribution >= 0.6 is 11.6 Å². The maximum Gasteiger partial charge on any atom is 0.191 e. The van der Waals surface area contributed by atoms with Crippen molar-refractivity contribution in [3.05, 3.63) is 28.8 Å². The number of nitrogens with zero attached hydrogens (tertiary/aromatic N) is 1. The van der Waals surface area contributed by atoms with Crippen LogP contribution in [-0.4, -0.2) is 26.7 Å². The smallest absolute Gasteiger partial charge is 0.191 e. The first-order valence-corrected chi connectivity index (χ1v) is 5.46. The van der Waals surface area contributed by atoms with Gasteiger partial charge in [-0.2, -0.15) is 0 Å². The number of ether oxygens (including phenoxy) is 1. The molecule has 4 nitrogen and oxygen atoms in total. The molecule has 86 valence electrons. The standard InChI is InChI=1S/C11H14ClN3O/c1-13-11(14-2)15-8-6-16-9-5-3-4-7(12)10(8)9/h3-5,8H,6H2,1-2H3,(H2,13,14,15). The zero-order valence-corrected chi connectivity index (χ0v) is 10.0. The molecule has 0 bridgehead atoms. The third-order valence-electron chi connectivity index (χ3n) is 2.54. The summed E-state index contributed by atoms with van der Waals surface area (Å²) in [6, 6.07) is 5.72. The molecule has 1 aromatic rings. The van der Waals surface area contributed by atoms with Crippen molar-refractivity contribution in [3.8, 4) is 5.75 Å². The fourth-order valence-electron chi connectivity index (χ4n) is 1.77. The zero-order valence-electron chi connectivity index (χ0n) is 9.25. The van der Waals surface area contributed by atoms with Crippen LogP contribution in [0.25, 0.3) is 0 Å². The number of fused-ring (bicyclic) bond motifs is 1. The minimum atomic E-state index is 0.0508. The van der Waals surface area contributed by atoms with Crippen LogP contribution < -0.4 is 15.4 Å². The number of guanidine groups is 1. The van der Waals surface area contributed by atoms with Gasteiger partial charge in [0.25, 0.3) is 0 Å². The lowest BCUT2D eigenvalue weighted by Gasteiger charge is -2.15. The number of halogens is 1. The van der Waals surface area contributed by atoms with Gasteiger partial charge in [0.05, 0.1) is 6.04 Å². The van der Waals surface area contributed by atoms with Crippen LogP contribution in [0.15, 0.2) is 23.2 Å². The molecule has 1 aliphatic rings. The van der Waals surface area contributed by atoms with Crippen LogP contribution in [0.5, 0.6) is 5.75 Å². The lowest BCUT2D eigenvalue weighted by Crippen LogP contribution is -2.38. The maximum atomic E-state index is 6.15. The Morgan fingerprint density at radius 1 is 1.56 bits per heavy atom. The minimum Gasteiger partial charge on any atom is -0.491 e. The summed E-state index contributed by atoms with van der Waals surface area (Å²) in [4.78, 5) is 4.07. The topological polar surface area (TPSA) is 45.7 Å². The molecule has 0 saturated heterocycles. The predicted octanol–water partition coefficient (Wildman–Crippen LogP) is 1.57. The molecular formula is C11H14ClN3O. The number of hydrogen-bond donors (Lipinski definition) is 2. The van der Waals surface area contributed by atoms with Gasteiger partial charge < -0.3 is 15.4 Å². The molecular weight excluding hydrogens is 226 g/mol. The van der Waals surface area contributed by atoms with Gasteiger partial charge in [-0.15, -0.1) is 0 Å². The highest BCUT2D eigenvalue weighted by Crippen LogP contribution is 2.37. The molecule has 0 amide bonds. The summed E-state index contributed by atoms with van der Waals surface area (Å²) in [5, 5.41) is 6.93. The summed E-state index contributed by atoms with van der Waals surface area (Å²) in [6.45, 7) is 0.569. The van der Waals surface area contributed by atoms with Crippen molar-refractivity contribution in [3.63, 3.8) is 0 Å². The minimum absolute atomic E-state index is 0.0508. The molecule has 1 aliphatic heterocycles. The number of aliphatic imine (C=N–C) groups is 1. The largest absolute Gasteiger partial charge is 0.491 e. The molecule has 0 radical (unpaired) electrons. The Labute approximate surface area is 99.7 Å². The van der Waals surface area contributed by atoms with E-state index in [0.29, 0.717) is 6.61 Å². The Kier molecular flexibility index (Phi) is 3.19. The van der Waals surface area contributed by atoms with Gasteiger partial charge in [0.1, 0.15) is 12.4 Å². The first kappa shape index (κ1) is 11.1. The van der Waals surface area contributed by atoms with Crippen LogP contribution in [0, 0.1) is 0 Å². The summed E-state index contributed by atoms with van der Waals surface area (Å²) in [7, 11) is 3.54. The van der Waals surface area contributed by atoms with Gasteiger partial charge in [0.15, 0.2) is 5.96 Å². The van der Waals surface area contributed by atoms with Gasteiger partial charge >= 0.3 is 0 Å². The molecule has 0 aromatic heterocycles. The second-order valence-corrected chi connectivity index (χ2v) is 3.89. The SMILES string of the molecule is CN=C(NC)NC1COc2cccc(Cl)c21. The highest BCUT2D eigenvalue weighted by molar-refractivity contribution is 6.31. The van der Waals surface area contributed by atoms with Gasteiger partial charge in [-0.25, -0.2) is 0 Å². The van der Waals surface area contributed by atoms with E-state index in [1.165, 1.54) is 0 Å². The highest BCUT2D eigenvalue weighted by Gasteiger charge is 2.26. The molecule has 2 N–H and O–H groups in total. The molecule has 0 spiro atoms. The van der Waals surface area contributed by atoms with Crippen LogP contribution in [0.2, 0.25) is 5.02 Å². The normalized spacial score (nSPS) is 18.9. The van der Waals surface area contributed by atoms with Gasteiger partial charge in [0, 0.05) is 24.7 Å². The van der Waals surface area contributed by atoms with E-state index >= 15 is 0 Å². The lowest BCUT2D eigenvalue weighted by atomic mass is 10.1. The van der Waals surface area contributed by atoms with Crippen LogP contribution in [0.4, 0.5) is 0 Å². The average molecular weight is 240 g/mol. The summed E-state index contributed by atoms with van der Waals surface area (Å²) in [6.07, 6.45) is 0. The number of hydrogen-bond acceptors (Lipinski definition) is 2. The van der Waals surface area contributed by atoms with Crippen molar-refractivity contribution in [2.75, 3.05) is 20.7 Å². The fraction of sp³-hybridized carbons (Fsp3) is 0.364. The second kappa shape index (κ2) is 4.61. The number of benzene rings is 1. The van der Waals surface area contributed by atoms with Crippen LogP contribution in [0.1, 0.15) is 11.6 Å². The van der Waals surface area contributed by atoms with Gasteiger partial charge in [-0.05, 0) is 12.1 Å². The van der Waals surface area contributed by atoms with Crippen molar-refractivity contribution < 1.29 is 4.74 Å². The molecule has 0 saturated carbocycles. The van der Waals surface area contributed by atoms with Crippen LogP contribution in [-0.2, 0) is 0 Å². The Balaban J connectivity index is 2.23. The van der Waals surface area contributed by atoms with Crippen molar-refractivity contribution in [1.29, 1.82) is 0 Å². The molecule has 1 unspecified atom stereocenters. The molecule has 16 heavy (non-hydrogen) atoms. The lowest BCUT2D eigenvalue weighted by molar-refractivity contribution is 0.324. The molecule has 1 atom stereocenters. The summed E-state index contributed by atoms with van der Waals surface area (Å²) >= 11 is 6.15. The molecule has 5 heteroatoms. The monoisotopic (exact) mass is 239 g/mol. The fourth-order valence-corrected chi connectivity index (χ4v) is 2.06. The molecule has 1 aromatic carbocycles. The molecule has 1 heterocycles. The Bertz CT molecular complexity index is 420. The van der Waals surface area contributed by atoms with E-state index in [4.69, 9.17) is 16.3 Å². The molecule has 2 rings (SSSR count). The molecule has 0 aliphatic carbocycles. The summed E-state index contributed by atoms with van der Waals surface area (Å²) in [5.74, 6) is 1.57. The van der Waals surface area contributed by atoms with Crippen molar-refractivity contribution in [1.82, 2.24) is 10.6 Å². The van der Waals surface area contributed by atoms with Crippen LogP contribution in [0.3, 0.4) is 0 Å². The number of nitrogens with one attached hydrogen (secondary N) is 2. The first-order chi connectivity index (χ1) is 7.76. The van der Waals surface area contributed by atoms with Gasteiger partial charge in [-0.1, -0.05) is 17.7 Å². The number of rotatable bonds is 1. The van der Waals surface area contributed by atoms with Gasteiger partial charge in [-0.3, -0.25) is 4.99 Å². The second-order valence-electron chi connectivity index (χ2n) is 3.48. The zero-order chi connectivity index (χ0) is 11.5. The third-order valence-corrected chi connectivity index (χ3v) is 2.87. The van der Waals surface area contributed by atoms with Crippen molar-refractivity contribution in [2.45, 2.75) is 6.04 Å². The van der Waals surface area contributed by atoms with E-state index in [2.05, 4.69) is 15.6 Å². The van der Waals surface area contributed by atoms with Crippen molar-refractivity contribution in [2.24, 2.45) is 4.99 Å². The van der Waals surface area contributed by atoms with E-state index < -0.39 is 0 Å². The van der Waals surface area contributed by atoms with Gasteiger partial charge in [0.2, 0.25) is 0 Å². The van der Waals surface area contributed by atoms with E-state index in [1.54, 1.807) is 7.05 Å². The predicted molar refractivity (Wildman–Crippen MR) is 65.2 cm³/mol. The highest BCUT2D eigenvalue weighted by atomic mass is 35.5. The molecule has 0 fully saturated rings. The van der Waals surface area contributed by atoms with E-state index in [-0.39, 0.29) is 6.04 Å². The van der Waals surface area contributed by atoms with Crippen molar-refractivity contribution >= 4 is 17.6 Å². The maximum absolute atomic E-state index is 6.15. The van der Waals surface area contributed by atoms with E-state index in [9.17, 15) is 0 Å². The summed E-state index contributed by atoms with van der Waals surface area (Å²) < 4.78 is 5.55. The Morgan fingerprint density at radius 2 is 2.38 bits per heavy atom. The average Bonchev–Trinajstić information content (AvgIpc) is 2.70. The quantitative estimate of drug-likeness (QED) is 0.578. The first-order valence-electron chi connectivity index (χ1n) is 5.08. The van der Waals surface area contributed by atoms with E-state index in [0.717, 1.165) is 22.3 Å². The Morgan fingerprint density at radius 3 is 3.06 bits per heavy atom.